The van der Waals surface area contributed by atoms with Gasteiger partial charge < -0.3 is 0 Å². The second-order valence-electron chi connectivity index (χ2n) is 4.84. The lowest BCUT2D eigenvalue weighted by molar-refractivity contribution is 0.858. The molecule has 0 atom stereocenters. The van der Waals surface area contributed by atoms with Crippen molar-refractivity contribution < 1.29 is 0 Å². The SMILES string of the molecule is CC(C)c1c[nH]n2c(=O)cc(C3CC3)nc12. The number of aromatic amines is 1. The predicted molar refractivity (Wildman–Crippen MR) is 61.9 cm³/mol. The fraction of sp³-hybridized carbons (Fsp3) is 0.500. The zero-order valence-electron chi connectivity index (χ0n) is 9.53. The Morgan fingerprint density at radius 1 is 1.50 bits per heavy atom. The van der Waals surface area contributed by atoms with Crippen LogP contribution in [0.1, 0.15) is 49.8 Å². The van der Waals surface area contributed by atoms with Crippen LogP contribution in [0, 0.1) is 0 Å². The Hall–Kier alpha value is -1.58. The Labute approximate surface area is 93.3 Å². The summed E-state index contributed by atoms with van der Waals surface area (Å²) < 4.78 is 1.53. The van der Waals surface area contributed by atoms with Crippen LogP contribution in [-0.4, -0.2) is 14.6 Å². The number of hydrogen-bond donors (Lipinski definition) is 1. The topological polar surface area (TPSA) is 50.2 Å². The van der Waals surface area contributed by atoms with Gasteiger partial charge >= 0.3 is 0 Å². The Morgan fingerprint density at radius 3 is 2.88 bits per heavy atom. The number of rotatable bonds is 2. The van der Waals surface area contributed by atoms with Crippen LogP contribution < -0.4 is 5.56 Å². The largest absolute Gasteiger partial charge is 0.297 e. The molecule has 1 N–H and O–H groups in total. The maximum absolute atomic E-state index is 11.9. The molecule has 0 radical (unpaired) electrons. The van der Waals surface area contributed by atoms with Crippen molar-refractivity contribution in [2.45, 2.75) is 38.5 Å². The van der Waals surface area contributed by atoms with E-state index in [-0.39, 0.29) is 5.56 Å². The summed E-state index contributed by atoms with van der Waals surface area (Å²) >= 11 is 0. The van der Waals surface area contributed by atoms with Crippen molar-refractivity contribution in [3.63, 3.8) is 0 Å². The van der Waals surface area contributed by atoms with Crippen LogP contribution in [0.4, 0.5) is 0 Å². The molecule has 1 aliphatic rings. The Bertz CT molecular complexity index is 590. The van der Waals surface area contributed by atoms with Crippen molar-refractivity contribution in [3.05, 3.63) is 33.9 Å². The molecule has 0 aromatic carbocycles. The molecule has 0 unspecified atom stereocenters. The molecular weight excluding hydrogens is 202 g/mol. The normalized spacial score (nSPS) is 16.2. The van der Waals surface area contributed by atoms with E-state index in [2.05, 4.69) is 23.9 Å². The van der Waals surface area contributed by atoms with Crippen molar-refractivity contribution in [1.29, 1.82) is 0 Å². The summed E-state index contributed by atoms with van der Waals surface area (Å²) in [7, 11) is 0. The third-order valence-electron chi connectivity index (χ3n) is 3.16. The molecule has 84 valence electrons. The van der Waals surface area contributed by atoms with E-state index in [1.807, 2.05) is 6.20 Å². The van der Waals surface area contributed by atoms with E-state index in [9.17, 15) is 4.79 Å². The van der Waals surface area contributed by atoms with Gasteiger partial charge in [-0.15, -0.1) is 0 Å². The van der Waals surface area contributed by atoms with E-state index in [4.69, 9.17) is 0 Å². The van der Waals surface area contributed by atoms with E-state index in [0.29, 0.717) is 11.8 Å². The zero-order valence-corrected chi connectivity index (χ0v) is 9.53. The molecular formula is C12H15N3O. The molecule has 0 amide bonds. The molecule has 16 heavy (non-hydrogen) atoms. The molecule has 3 rings (SSSR count). The lowest BCUT2D eigenvalue weighted by atomic mass is 10.1. The van der Waals surface area contributed by atoms with E-state index < -0.39 is 0 Å². The van der Waals surface area contributed by atoms with E-state index >= 15 is 0 Å². The summed E-state index contributed by atoms with van der Waals surface area (Å²) in [6, 6.07) is 1.66. The first kappa shape index (κ1) is 9.63. The van der Waals surface area contributed by atoms with Crippen LogP contribution in [0.2, 0.25) is 0 Å². The standard InChI is InChI=1S/C12H15N3O/c1-7(2)9-6-13-15-11(16)5-10(8-3-4-8)14-12(9)15/h5-8,13H,3-4H2,1-2H3. The van der Waals surface area contributed by atoms with Gasteiger partial charge in [0.05, 0.1) is 5.69 Å². The number of H-pyrrole nitrogens is 1. The van der Waals surface area contributed by atoms with Crippen LogP contribution in [0.3, 0.4) is 0 Å². The van der Waals surface area contributed by atoms with Gasteiger partial charge in [-0.1, -0.05) is 13.8 Å². The zero-order chi connectivity index (χ0) is 11.3. The van der Waals surface area contributed by atoms with Crippen LogP contribution in [0.25, 0.3) is 5.65 Å². The van der Waals surface area contributed by atoms with Gasteiger partial charge in [0.2, 0.25) is 0 Å². The summed E-state index contributed by atoms with van der Waals surface area (Å²) in [5, 5.41) is 2.97. The maximum Gasteiger partial charge on any atom is 0.272 e. The van der Waals surface area contributed by atoms with Gasteiger partial charge in [0, 0.05) is 23.7 Å². The monoisotopic (exact) mass is 217 g/mol. The van der Waals surface area contributed by atoms with Gasteiger partial charge in [-0.3, -0.25) is 9.89 Å². The second kappa shape index (κ2) is 3.20. The summed E-state index contributed by atoms with van der Waals surface area (Å²) in [5.41, 5.74) is 2.87. The smallest absolute Gasteiger partial charge is 0.272 e. The van der Waals surface area contributed by atoms with Gasteiger partial charge in [0.15, 0.2) is 5.65 Å². The lowest BCUT2D eigenvalue weighted by Crippen LogP contribution is -2.15. The minimum Gasteiger partial charge on any atom is -0.297 e. The first-order valence-corrected chi connectivity index (χ1v) is 5.78. The number of nitrogens with one attached hydrogen (secondary N) is 1. The van der Waals surface area contributed by atoms with E-state index in [0.717, 1.165) is 16.9 Å². The Balaban J connectivity index is 2.28. The maximum atomic E-state index is 11.9. The number of aromatic nitrogens is 3. The molecule has 0 bridgehead atoms. The van der Waals surface area contributed by atoms with Crippen LogP contribution in [0.5, 0.6) is 0 Å². The molecule has 0 spiro atoms. The highest BCUT2D eigenvalue weighted by Crippen LogP contribution is 2.38. The molecule has 4 heteroatoms. The van der Waals surface area contributed by atoms with Gasteiger partial charge in [0.1, 0.15) is 0 Å². The second-order valence-corrected chi connectivity index (χ2v) is 4.84. The summed E-state index contributed by atoms with van der Waals surface area (Å²) in [6.45, 7) is 4.22. The van der Waals surface area contributed by atoms with Crippen LogP contribution >= 0.6 is 0 Å². The van der Waals surface area contributed by atoms with Crippen LogP contribution in [0.15, 0.2) is 17.1 Å². The van der Waals surface area contributed by atoms with Crippen LogP contribution in [-0.2, 0) is 0 Å². The number of nitrogens with zero attached hydrogens (tertiary/aromatic N) is 2. The minimum absolute atomic E-state index is 0.00111. The highest BCUT2D eigenvalue weighted by Gasteiger charge is 2.26. The summed E-state index contributed by atoms with van der Waals surface area (Å²) in [4.78, 5) is 16.5. The highest BCUT2D eigenvalue weighted by molar-refractivity contribution is 5.48. The summed E-state index contributed by atoms with van der Waals surface area (Å²) in [6.07, 6.45) is 4.22. The predicted octanol–water partition coefficient (Wildman–Crippen LogP) is 2.02. The molecule has 4 nitrogen and oxygen atoms in total. The van der Waals surface area contributed by atoms with Crippen molar-refractivity contribution in [1.82, 2.24) is 14.6 Å². The first-order chi connectivity index (χ1) is 7.66. The minimum atomic E-state index is -0.00111. The average Bonchev–Trinajstić information content (AvgIpc) is 2.98. The van der Waals surface area contributed by atoms with Crippen molar-refractivity contribution in [2.24, 2.45) is 0 Å². The van der Waals surface area contributed by atoms with E-state index in [1.54, 1.807) is 6.07 Å². The quantitative estimate of drug-likeness (QED) is 0.836. The molecule has 2 aromatic heterocycles. The fourth-order valence-electron chi connectivity index (χ4n) is 2.03. The van der Waals surface area contributed by atoms with Gasteiger partial charge in [-0.2, -0.15) is 0 Å². The number of hydrogen-bond acceptors (Lipinski definition) is 2. The lowest BCUT2D eigenvalue weighted by Gasteiger charge is -2.03. The highest BCUT2D eigenvalue weighted by atomic mass is 16.1. The van der Waals surface area contributed by atoms with Crippen molar-refractivity contribution in [2.75, 3.05) is 0 Å². The third-order valence-corrected chi connectivity index (χ3v) is 3.16. The van der Waals surface area contributed by atoms with Gasteiger partial charge in [-0.05, 0) is 18.8 Å². The first-order valence-electron chi connectivity index (χ1n) is 5.78. The fourth-order valence-corrected chi connectivity index (χ4v) is 2.03. The molecule has 2 aromatic rings. The Kier molecular flexibility index (Phi) is 1.93. The van der Waals surface area contributed by atoms with E-state index in [1.165, 1.54) is 17.4 Å². The van der Waals surface area contributed by atoms with Crippen molar-refractivity contribution in [3.8, 4) is 0 Å². The van der Waals surface area contributed by atoms with Gasteiger partial charge in [0.25, 0.3) is 5.56 Å². The molecule has 1 saturated carbocycles. The molecule has 0 saturated heterocycles. The molecule has 1 aliphatic carbocycles. The molecule has 1 fully saturated rings. The summed E-state index contributed by atoms with van der Waals surface area (Å²) in [5.74, 6) is 0.898. The van der Waals surface area contributed by atoms with Gasteiger partial charge in [-0.25, -0.2) is 9.50 Å². The third kappa shape index (κ3) is 1.37. The molecule has 2 heterocycles. The Morgan fingerprint density at radius 2 is 2.25 bits per heavy atom. The molecule has 0 aliphatic heterocycles. The van der Waals surface area contributed by atoms with Crippen molar-refractivity contribution >= 4 is 5.65 Å². The number of fused-ring (bicyclic) bond motifs is 1. The average molecular weight is 217 g/mol.